The van der Waals surface area contributed by atoms with Gasteiger partial charge in [0.15, 0.2) is 0 Å². The van der Waals surface area contributed by atoms with Crippen molar-refractivity contribution in [1.29, 1.82) is 0 Å². The molecular formula is C5H10O2. The molecule has 0 unspecified atom stereocenters. The minimum absolute atomic E-state index is 2.30. The van der Waals surface area contributed by atoms with Crippen LogP contribution < -0.4 is 0 Å². The van der Waals surface area contributed by atoms with Gasteiger partial charge in [0.1, 0.15) is 0 Å². The van der Waals surface area contributed by atoms with E-state index in [1.54, 1.807) is 0 Å². The van der Waals surface area contributed by atoms with Gasteiger partial charge in [-0.15, -0.1) is 0 Å². The molecule has 7 heavy (non-hydrogen) atoms. The molecule has 0 aromatic carbocycles. The summed E-state index contributed by atoms with van der Waals surface area (Å²) >= 11 is 0. The molecule has 0 heterocycles. The number of carboxylic acids is 1. The summed E-state index contributed by atoms with van der Waals surface area (Å²) < 4.78 is 62.5. The first-order valence-electron chi connectivity index (χ1n) is 5.93. The van der Waals surface area contributed by atoms with Crippen molar-refractivity contribution in [2.75, 3.05) is 0 Å². The van der Waals surface area contributed by atoms with Gasteiger partial charge in [0.2, 0.25) is 0 Å². The molecule has 0 saturated heterocycles. The van der Waals surface area contributed by atoms with Crippen LogP contribution in [0.4, 0.5) is 0 Å². The van der Waals surface area contributed by atoms with E-state index < -0.39 is 31.9 Å². The van der Waals surface area contributed by atoms with Crippen molar-refractivity contribution in [3.8, 4) is 0 Å². The van der Waals surface area contributed by atoms with E-state index in [2.05, 4.69) is 0 Å². The van der Waals surface area contributed by atoms with Gasteiger partial charge in [-0.3, -0.25) is 4.79 Å². The summed E-state index contributed by atoms with van der Waals surface area (Å²) in [6, 6.07) is 0. The third-order valence-corrected chi connectivity index (χ3v) is 0.232. The van der Waals surface area contributed by atoms with Crippen LogP contribution in [-0.2, 0) is 4.79 Å². The van der Waals surface area contributed by atoms with Gasteiger partial charge in [-0.05, 0) is 5.89 Å². The van der Waals surface area contributed by atoms with Crippen molar-refractivity contribution in [1.82, 2.24) is 0 Å². The Bertz CT molecular complexity index is 273. The lowest BCUT2D eigenvalue weighted by atomic mass is 10.1. The maximum absolute atomic E-state index is 10.6. The summed E-state index contributed by atoms with van der Waals surface area (Å²) in [4.78, 5) is 10.6. The van der Waals surface area contributed by atoms with Crippen molar-refractivity contribution >= 4 is 5.97 Å². The molecule has 0 spiro atoms. The zero-order valence-corrected chi connectivity index (χ0v) is 3.36. The van der Waals surface area contributed by atoms with Crippen LogP contribution in [0.5, 0.6) is 0 Å². The molecule has 0 aliphatic heterocycles. The molecule has 0 fully saturated rings. The third kappa shape index (κ3) is 5.47. The second-order valence-corrected chi connectivity index (χ2v) is 0.805. The van der Waals surface area contributed by atoms with Crippen LogP contribution in [0.25, 0.3) is 0 Å². The quantitative estimate of drug-likeness (QED) is 0.579. The molecule has 42 valence electrons. The molecule has 0 atom stereocenters. The van der Waals surface area contributed by atoms with E-state index in [4.69, 9.17) is 17.4 Å². The fourth-order valence-electron chi connectivity index (χ4n) is 0.107. The Hall–Kier alpha value is -0.530. The standard InChI is InChI=1S/C5H10O2/c1-4(2)3-5(6)7/h4H,3H2,1-2H3,(H,6,7)/i1D3,2D3,3D2,4D. The Balaban J connectivity index is 5.91. The van der Waals surface area contributed by atoms with Crippen LogP contribution in [0.3, 0.4) is 0 Å². The molecule has 0 aromatic heterocycles. The van der Waals surface area contributed by atoms with Gasteiger partial charge in [0.25, 0.3) is 0 Å². The first-order chi connectivity index (χ1) is 6.69. The SMILES string of the molecule is [2H]C([2H])([2H])C([2H])(C([2H])([2H])[2H])C([2H])([2H])C(=O)O. The lowest BCUT2D eigenvalue weighted by molar-refractivity contribution is -0.137. The number of carboxylic acid groups (broad SMARTS) is 1. The monoisotopic (exact) mass is 111 g/mol. The maximum Gasteiger partial charge on any atom is 0.303 e. The van der Waals surface area contributed by atoms with Gasteiger partial charge in [0.05, 0.1) is 0 Å². The van der Waals surface area contributed by atoms with E-state index in [-0.39, 0.29) is 0 Å². The molecule has 0 radical (unpaired) electrons. The molecule has 2 nitrogen and oxygen atoms in total. The van der Waals surface area contributed by atoms with E-state index in [1.807, 2.05) is 0 Å². The summed E-state index contributed by atoms with van der Waals surface area (Å²) in [5.41, 5.74) is 0. The number of hydrogen-bond acceptors (Lipinski definition) is 1. The molecule has 0 aliphatic rings. The van der Waals surface area contributed by atoms with E-state index in [1.165, 1.54) is 0 Å². The van der Waals surface area contributed by atoms with Gasteiger partial charge < -0.3 is 5.11 Å². The Morgan fingerprint density at radius 2 is 2.86 bits per heavy atom. The summed E-state index contributed by atoms with van der Waals surface area (Å²) in [5.74, 6) is -6.02. The molecule has 0 amide bonds. The van der Waals surface area contributed by atoms with Crippen LogP contribution in [0, 0.1) is 5.89 Å². The molecule has 2 heteroatoms. The number of hydrogen-bond donors (Lipinski definition) is 1. The fraction of sp³-hybridized carbons (Fsp3) is 0.800. The smallest absolute Gasteiger partial charge is 0.303 e. The fourth-order valence-corrected chi connectivity index (χ4v) is 0.107. The van der Waals surface area contributed by atoms with Gasteiger partial charge in [-0.1, -0.05) is 13.7 Å². The molecule has 0 aliphatic carbocycles. The lowest BCUT2D eigenvalue weighted by Gasteiger charge is -1.94. The van der Waals surface area contributed by atoms with Crippen molar-refractivity contribution in [2.45, 2.75) is 20.1 Å². The van der Waals surface area contributed by atoms with Gasteiger partial charge >= 0.3 is 5.97 Å². The molecule has 0 saturated carbocycles. The minimum atomic E-state index is -3.72. The second kappa shape index (κ2) is 2.61. The van der Waals surface area contributed by atoms with E-state index in [0.717, 1.165) is 0 Å². The normalized spacial score (nSPS) is 35.7. The van der Waals surface area contributed by atoms with Crippen molar-refractivity contribution in [3.05, 3.63) is 0 Å². The lowest BCUT2D eigenvalue weighted by Crippen LogP contribution is -1.99. The topological polar surface area (TPSA) is 37.3 Å². The Labute approximate surface area is 55.8 Å². The van der Waals surface area contributed by atoms with Crippen LogP contribution in [-0.4, -0.2) is 11.1 Å². The van der Waals surface area contributed by atoms with Crippen molar-refractivity contribution in [3.63, 3.8) is 0 Å². The highest BCUT2D eigenvalue weighted by atomic mass is 16.4. The van der Waals surface area contributed by atoms with Crippen LogP contribution >= 0.6 is 0 Å². The average Bonchev–Trinajstić information content (AvgIpc) is 1.97. The number of rotatable bonds is 2. The van der Waals surface area contributed by atoms with E-state index >= 15 is 0 Å². The van der Waals surface area contributed by atoms with Crippen LogP contribution in [0.15, 0.2) is 0 Å². The largest absolute Gasteiger partial charge is 0.481 e. The van der Waals surface area contributed by atoms with E-state index in [0.29, 0.717) is 0 Å². The predicted octanol–water partition coefficient (Wildman–Crippen LogP) is 1.12. The maximum atomic E-state index is 10.6. The van der Waals surface area contributed by atoms with Crippen molar-refractivity contribution < 1.29 is 22.2 Å². The summed E-state index contributed by atoms with van der Waals surface area (Å²) in [6.07, 6.45) is -3.72. The third-order valence-electron chi connectivity index (χ3n) is 0.232. The molecule has 0 rings (SSSR count). The Morgan fingerprint density at radius 1 is 2.29 bits per heavy atom. The predicted molar refractivity (Wildman–Crippen MR) is 27.1 cm³/mol. The molecular weight excluding hydrogens is 92.1 g/mol. The highest BCUT2D eigenvalue weighted by molar-refractivity contribution is 5.66. The zero-order valence-electron chi connectivity index (χ0n) is 12.4. The van der Waals surface area contributed by atoms with Crippen molar-refractivity contribution in [2.24, 2.45) is 5.89 Å². The number of aliphatic carboxylic acids is 1. The molecule has 1 N–H and O–H groups in total. The average molecular weight is 111 g/mol. The Morgan fingerprint density at radius 3 is 3.00 bits per heavy atom. The summed E-state index contributed by atoms with van der Waals surface area (Å²) in [5, 5.41) is 8.51. The van der Waals surface area contributed by atoms with Crippen LogP contribution in [0.2, 0.25) is 0 Å². The number of carbonyl (C=O) groups is 1. The van der Waals surface area contributed by atoms with Gasteiger partial charge in [0, 0.05) is 18.7 Å². The van der Waals surface area contributed by atoms with Gasteiger partial charge in [-0.25, -0.2) is 0 Å². The first kappa shape index (κ1) is 0.925. The summed E-state index contributed by atoms with van der Waals surface area (Å²) in [7, 11) is 0. The minimum Gasteiger partial charge on any atom is -0.481 e. The van der Waals surface area contributed by atoms with Crippen LogP contribution in [0.1, 0.15) is 32.4 Å². The van der Waals surface area contributed by atoms with Gasteiger partial charge in [-0.2, -0.15) is 0 Å². The second-order valence-electron chi connectivity index (χ2n) is 0.805. The van der Waals surface area contributed by atoms with E-state index in [9.17, 15) is 4.79 Å². The Kier molecular flexibility index (Phi) is 0.345. The zero-order chi connectivity index (χ0) is 13.6. The molecule has 0 bridgehead atoms. The molecule has 0 aromatic rings. The summed E-state index contributed by atoms with van der Waals surface area (Å²) in [6.45, 7) is -7.19. The first-order valence-corrected chi connectivity index (χ1v) is 1.43. The highest BCUT2D eigenvalue weighted by Crippen LogP contribution is 1.96. The highest BCUT2D eigenvalue weighted by Gasteiger charge is 1.98.